The van der Waals surface area contributed by atoms with Gasteiger partial charge in [-0.05, 0) is 47.9 Å². The fourth-order valence-corrected chi connectivity index (χ4v) is 5.05. The van der Waals surface area contributed by atoms with E-state index in [1.165, 1.54) is 21.8 Å². The number of carbonyl (C=O) groups excluding carboxylic acids is 1. The number of nitrogens with zero attached hydrogens (tertiary/aromatic N) is 1. The summed E-state index contributed by atoms with van der Waals surface area (Å²) in [4.78, 5) is 19.0. The number of hydrogen-bond acceptors (Lipinski definition) is 4. The minimum Gasteiger partial charge on any atom is -0.457 e. The number of amides is 1. The summed E-state index contributed by atoms with van der Waals surface area (Å²) in [5.74, 6) is 1.12. The van der Waals surface area contributed by atoms with Crippen LogP contribution in [0.2, 0.25) is 0 Å². The molecule has 0 aliphatic rings. The van der Waals surface area contributed by atoms with E-state index in [-0.39, 0.29) is 5.91 Å². The van der Waals surface area contributed by atoms with E-state index in [1.807, 2.05) is 60.7 Å². The molecular weight excluding hydrogens is 464 g/mol. The molecule has 1 aromatic heterocycles. The number of hydrogen-bond donors (Lipinski definition) is 1. The maximum Gasteiger partial charge on any atom is 0.257 e. The van der Waals surface area contributed by atoms with E-state index in [0.717, 1.165) is 35.4 Å². The van der Waals surface area contributed by atoms with Crippen molar-refractivity contribution in [3.63, 3.8) is 0 Å². The Kier molecular flexibility index (Phi) is 7.20. The third-order valence-electron chi connectivity index (χ3n) is 5.74. The van der Waals surface area contributed by atoms with E-state index in [2.05, 4.69) is 48.6 Å². The van der Waals surface area contributed by atoms with Crippen LogP contribution in [0.25, 0.3) is 22.4 Å². The van der Waals surface area contributed by atoms with Gasteiger partial charge in [-0.1, -0.05) is 92.2 Å². The molecule has 0 saturated carbocycles. The second kappa shape index (κ2) is 11.0. The number of aryl methyl sites for hydroxylation is 1. The van der Waals surface area contributed by atoms with Crippen molar-refractivity contribution in [3.8, 4) is 33.9 Å². The summed E-state index contributed by atoms with van der Waals surface area (Å²) in [5.41, 5.74) is 4.84. The highest BCUT2D eigenvalue weighted by Gasteiger charge is 2.16. The molecule has 1 heterocycles. The lowest BCUT2D eigenvalue weighted by Gasteiger charge is -2.07. The van der Waals surface area contributed by atoms with E-state index in [4.69, 9.17) is 9.72 Å². The minimum atomic E-state index is -0.212. The summed E-state index contributed by atoms with van der Waals surface area (Å²) in [6.45, 7) is 2.15. The molecule has 1 amide bonds. The SMILES string of the molecule is CCCc1sc(NC(=O)c2cccc(Oc3ccccc3)c2)nc1-c1ccc(-c2ccccc2)cc1. The lowest BCUT2D eigenvalue weighted by molar-refractivity contribution is 0.102. The van der Waals surface area contributed by atoms with Crippen molar-refractivity contribution in [2.75, 3.05) is 5.32 Å². The Morgan fingerprint density at radius 2 is 1.42 bits per heavy atom. The zero-order chi connectivity index (χ0) is 24.7. The van der Waals surface area contributed by atoms with E-state index >= 15 is 0 Å². The Morgan fingerprint density at radius 1 is 0.778 bits per heavy atom. The maximum absolute atomic E-state index is 13.0. The third-order valence-corrected chi connectivity index (χ3v) is 6.77. The van der Waals surface area contributed by atoms with Gasteiger partial charge in [0.15, 0.2) is 5.13 Å². The van der Waals surface area contributed by atoms with E-state index in [9.17, 15) is 4.79 Å². The number of carbonyl (C=O) groups is 1. The first-order valence-corrected chi connectivity index (χ1v) is 12.8. The fraction of sp³-hybridized carbons (Fsp3) is 0.0968. The van der Waals surface area contributed by atoms with Crippen LogP contribution < -0.4 is 10.1 Å². The van der Waals surface area contributed by atoms with Crippen molar-refractivity contribution in [3.05, 3.63) is 120 Å². The smallest absolute Gasteiger partial charge is 0.257 e. The molecule has 0 fully saturated rings. The van der Waals surface area contributed by atoms with Gasteiger partial charge in [-0.2, -0.15) is 0 Å². The van der Waals surface area contributed by atoms with E-state index < -0.39 is 0 Å². The largest absolute Gasteiger partial charge is 0.457 e. The first-order chi connectivity index (χ1) is 17.7. The summed E-state index contributed by atoms with van der Waals surface area (Å²) in [5, 5.41) is 3.59. The predicted molar refractivity (Wildman–Crippen MR) is 148 cm³/mol. The molecule has 5 rings (SSSR count). The minimum absolute atomic E-state index is 0.212. The van der Waals surface area contributed by atoms with Crippen molar-refractivity contribution in [2.45, 2.75) is 19.8 Å². The molecule has 0 radical (unpaired) electrons. The zero-order valence-electron chi connectivity index (χ0n) is 20.0. The van der Waals surface area contributed by atoms with Crippen LogP contribution in [-0.4, -0.2) is 10.9 Å². The predicted octanol–water partition coefficient (Wildman–Crippen LogP) is 8.47. The van der Waals surface area contributed by atoms with Gasteiger partial charge in [0.2, 0.25) is 0 Å². The van der Waals surface area contributed by atoms with Crippen molar-refractivity contribution >= 4 is 22.4 Å². The summed E-state index contributed by atoms with van der Waals surface area (Å²) in [6, 6.07) is 35.5. The second-order valence-electron chi connectivity index (χ2n) is 8.38. The zero-order valence-corrected chi connectivity index (χ0v) is 20.8. The highest BCUT2D eigenvalue weighted by molar-refractivity contribution is 7.16. The third kappa shape index (κ3) is 5.53. The standard InChI is InChI=1S/C31H26N2O2S/c1-2-10-28-29(24-19-17-23(18-20-24)22-11-5-3-6-12-22)32-31(36-28)33-30(34)25-13-9-16-27(21-25)35-26-14-7-4-8-15-26/h3-9,11-21H,2,10H2,1H3,(H,32,33,34). The Hall–Kier alpha value is -4.22. The Morgan fingerprint density at radius 3 is 2.14 bits per heavy atom. The molecular formula is C31H26N2O2S. The summed E-state index contributed by atoms with van der Waals surface area (Å²) < 4.78 is 5.88. The molecule has 5 aromatic rings. The number of para-hydroxylation sites is 1. The second-order valence-corrected chi connectivity index (χ2v) is 9.46. The fourth-order valence-electron chi connectivity index (χ4n) is 3.97. The molecule has 0 aliphatic carbocycles. The van der Waals surface area contributed by atoms with Crippen LogP contribution in [-0.2, 0) is 6.42 Å². The topological polar surface area (TPSA) is 51.2 Å². The van der Waals surface area contributed by atoms with Crippen LogP contribution in [0.5, 0.6) is 11.5 Å². The van der Waals surface area contributed by atoms with Crippen LogP contribution in [0.4, 0.5) is 5.13 Å². The molecule has 0 saturated heterocycles. The molecule has 1 N–H and O–H groups in total. The summed E-state index contributed by atoms with van der Waals surface area (Å²) >= 11 is 1.54. The first-order valence-electron chi connectivity index (χ1n) is 12.0. The maximum atomic E-state index is 13.0. The number of thiazole rings is 1. The van der Waals surface area contributed by atoms with Gasteiger partial charge in [0.1, 0.15) is 11.5 Å². The molecule has 36 heavy (non-hydrogen) atoms. The lowest BCUT2D eigenvalue weighted by Crippen LogP contribution is -2.11. The average molecular weight is 491 g/mol. The number of anilines is 1. The van der Waals surface area contributed by atoms with Gasteiger partial charge in [0, 0.05) is 16.0 Å². The monoisotopic (exact) mass is 490 g/mol. The normalized spacial score (nSPS) is 10.7. The molecule has 4 nitrogen and oxygen atoms in total. The van der Waals surface area contributed by atoms with Gasteiger partial charge in [0.05, 0.1) is 5.69 Å². The van der Waals surface area contributed by atoms with Crippen molar-refractivity contribution in [1.82, 2.24) is 4.98 Å². The quantitative estimate of drug-likeness (QED) is 0.237. The van der Waals surface area contributed by atoms with E-state index in [1.54, 1.807) is 12.1 Å². The number of ether oxygens (including phenoxy) is 1. The van der Waals surface area contributed by atoms with E-state index in [0.29, 0.717) is 16.4 Å². The molecule has 0 aliphatic heterocycles. The van der Waals surface area contributed by atoms with Crippen LogP contribution in [0.1, 0.15) is 28.6 Å². The van der Waals surface area contributed by atoms with Crippen molar-refractivity contribution < 1.29 is 9.53 Å². The molecule has 4 aromatic carbocycles. The summed E-state index contributed by atoms with van der Waals surface area (Å²) in [6.07, 6.45) is 1.91. The first kappa shape index (κ1) is 23.5. The highest BCUT2D eigenvalue weighted by Crippen LogP contribution is 2.34. The number of aromatic nitrogens is 1. The van der Waals surface area contributed by atoms with Crippen LogP contribution in [0.15, 0.2) is 109 Å². The van der Waals surface area contributed by atoms with Gasteiger partial charge in [0.25, 0.3) is 5.91 Å². The molecule has 0 unspecified atom stereocenters. The van der Waals surface area contributed by atoms with Gasteiger partial charge in [-0.15, -0.1) is 11.3 Å². The number of rotatable bonds is 8. The summed E-state index contributed by atoms with van der Waals surface area (Å²) in [7, 11) is 0. The van der Waals surface area contributed by atoms with Gasteiger partial charge in [-0.25, -0.2) is 4.98 Å². The van der Waals surface area contributed by atoms with Gasteiger partial charge in [-0.3, -0.25) is 10.1 Å². The molecule has 0 atom stereocenters. The van der Waals surface area contributed by atoms with Gasteiger partial charge < -0.3 is 4.74 Å². The van der Waals surface area contributed by atoms with Crippen LogP contribution in [0, 0.1) is 0 Å². The Bertz CT molecular complexity index is 1450. The molecule has 0 bridgehead atoms. The molecule has 178 valence electrons. The number of benzene rings is 4. The average Bonchev–Trinajstić information content (AvgIpc) is 3.32. The van der Waals surface area contributed by atoms with Crippen molar-refractivity contribution in [1.29, 1.82) is 0 Å². The Balaban J connectivity index is 1.35. The number of nitrogens with one attached hydrogen (secondary N) is 1. The van der Waals surface area contributed by atoms with Crippen molar-refractivity contribution in [2.24, 2.45) is 0 Å². The van der Waals surface area contributed by atoms with Gasteiger partial charge >= 0.3 is 0 Å². The molecule has 5 heteroatoms. The highest BCUT2D eigenvalue weighted by atomic mass is 32.1. The van der Waals surface area contributed by atoms with Crippen LogP contribution >= 0.6 is 11.3 Å². The lowest BCUT2D eigenvalue weighted by atomic mass is 10.0. The van der Waals surface area contributed by atoms with Crippen LogP contribution in [0.3, 0.4) is 0 Å². The Labute approximate surface area is 215 Å². The molecule has 0 spiro atoms.